The van der Waals surface area contributed by atoms with Crippen LogP contribution >= 0.6 is 0 Å². The Morgan fingerprint density at radius 3 is 2.00 bits per heavy atom. The lowest BCUT2D eigenvalue weighted by atomic mass is 9.89. The van der Waals surface area contributed by atoms with E-state index in [1.807, 2.05) is 27.7 Å². The molecule has 0 saturated carbocycles. The molecule has 0 aliphatic rings. The minimum absolute atomic E-state index is 0.0853. The van der Waals surface area contributed by atoms with Gasteiger partial charge in [0.25, 0.3) is 0 Å². The lowest BCUT2D eigenvalue weighted by Gasteiger charge is -2.25. The zero-order valence-corrected chi connectivity index (χ0v) is 13.5. The van der Waals surface area contributed by atoms with Crippen LogP contribution in [-0.2, 0) is 0 Å². The summed E-state index contributed by atoms with van der Waals surface area (Å²) in [6.45, 7) is 8.93. The van der Waals surface area contributed by atoms with Crippen molar-refractivity contribution in [3.8, 4) is 11.5 Å². The molecule has 4 nitrogen and oxygen atoms in total. The predicted molar refractivity (Wildman–Crippen MR) is 83.8 cm³/mol. The van der Waals surface area contributed by atoms with Crippen molar-refractivity contribution in [3.63, 3.8) is 0 Å². The quantitative estimate of drug-likeness (QED) is 0.734. The van der Waals surface area contributed by atoms with Crippen molar-refractivity contribution in [2.24, 2.45) is 5.92 Å². The number of rotatable bonds is 9. The van der Waals surface area contributed by atoms with E-state index in [1.165, 1.54) is 0 Å². The molecule has 2 atom stereocenters. The molecule has 1 aromatic rings. The number of ether oxygens (including phenoxy) is 2. The molecule has 0 amide bonds. The molecule has 120 valence electrons. The predicted octanol–water partition coefficient (Wildman–Crippen LogP) is 3.31. The van der Waals surface area contributed by atoms with Crippen LogP contribution in [0.15, 0.2) is 18.2 Å². The van der Waals surface area contributed by atoms with Gasteiger partial charge in [-0.15, -0.1) is 0 Å². The first-order chi connectivity index (χ1) is 10.1. The number of hydrogen-bond donors (Lipinski definition) is 2. The molecule has 0 fully saturated rings. The van der Waals surface area contributed by atoms with Crippen LogP contribution in [0.3, 0.4) is 0 Å². The molecular weight excluding hydrogens is 268 g/mol. The number of hydrogen-bond acceptors (Lipinski definition) is 4. The van der Waals surface area contributed by atoms with Gasteiger partial charge in [-0.1, -0.05) is 32.8 Å². The normalized spacial score (nSPS) is 14.0. The molecule has 0 spiro atoms. The standard InChI is InChI=1S/C17H28O4/c1-5-12(6-2)16(18)17(19)13-9-10-14(20-7-3)15(11-13)21-8-4/h9-12,16-19H,5-8H2,1-4H3. The summed E-state index contributed by atoms with van der Waals surface area (Å²) in [4.78, 5) is 0. The van der Waals surface area contributed by atoms with E-state index in [0.717, 1.165) is 12.8 Å². The molecule has 2 unspecified atom stereocenters. The van der Waals surface area contributed by atoms with E-state index in [-0.39, 0.29) is 5.92 Å². The van der Waals surface area contributed by atoms with Gasteiger partial charge in [0.05, 0.1) is 19.3 Å². The van der Waals surface area contributed by atoms with Crippen LogP contribution < -0.4 is 9.47 Å². The van der Waals surface area contributed by atoms with Gasteiger partial charge in [0.2, 0.25) is 0 Å². The fourth-order valence-corrected chi connectivity index (χ4v) is 2.48. The number of aliphatic hydroxyl groups is 2. The Kier molecular flexibility index (Phi) is 7.54. The molecule has 0 heterocycles. The van der Waals surface area contributed by atoms with Gasteiger partial charge in [0.1, 0.15) is 6.10 Å². The topological polar surface area (TPSA) is 58.9 Å². The summed E-state index contributed by atoms with van der Waals surface area (Å²) in [6.07, 6.45) is -0.00840. The lowest BCUT2D eigenvalue weighted by molar-refractivity contribution is -0.0210. The molecular formula is C17H28O4. The second kappa shape index (κ2) is 8.90. The molecule has 0 radical (unpaired) electrons. The minimum Gasteiger partial charge on any atom is -0.490 e. The first kappa shape index (κ1) is 17.8. The van der Waals surface area contributed by atoms with E-state index in [1.54, 1.807) is 18.2 Å². The van der Waals surface area contributed by atoms with Crippen molar-refractivity contribution in [2.75, 3.05) is 13.2 Å². The molecule has 21 heavy (non-hydrogen) atoms. The highest BCUT2D eigenvalue weighted by atomic mass is 16.5. The van der Waals surface area contributed by atoms with Gasteiger partial charge in [-0.2, -0.15) is 0 Å². The van der Waals surface area contributed by atoms with Crippen molar-refractivity contribution >= 4 is 0 Å². The van der Waals surface area contributed by atoms with Crippen molar-refractivity contribution in [1.82, 2.24) is 0 Å². The molecule has 2 N–H and O–H groups in total. The summed E-state index contributed by atoms with van der Waals surface area (Å²) >= 11 is 0. The van der Waals surface area contributed by atoms with Crippen molar-refractivity contribution in [3.05, 3.63) is 23.8 Å². The van der Waals surface area contributed by atoms with Crippen molar-refractivity contribution in [2.45, 2.75) is 52.7 Å². The summed E-state index contributed by atoms with van der Waals surface area (Å²) in [6, 6.07) is 5.32. The van der Waals surface area contributed by atoms with E-state index in [9.17, 15) is 10.2 Å². The van der Waals surface area contributed by atoms with Crippen LogP contribution in [0.5, 0.6) is 11.5 Å². The second-order valence-corrected chi connectivity index (χ2v) is 5.08. The highest BCUT2D eigenvalue weighted by molar-refractivity contribution is 5.43. The van der Waals surface area contributed by atoms with E-state index in [2.05, 4.69) is 0 Å². The third kappa shape index (κ3) is 4.61. The van der Waals surface area contributed by atoms with Gasteiger partial charge in [0, 0.05) is 0 Å². The van der Waals surface area contributed by atoms with Crippen LogP contribution in [0.25, 0.3) is 0 Å². The van der Waals surface area contributed by atoms with Gasteiger partial charge >= 0.3 is 0 Å². The summed E-state index contributed by atoms with van der Waals surface area (Å²) in [7, 11) is 0. The fourth-order valence-electron chi connectivity index (χ4n) is 2.48. The molecule has 0 aliphatic heterocycles. The monoisotopic (exact) mass is 296 g/mol. The van der Waals surface area contributed by atoms with Gasteiger partial charge in [0.15, 0.2) is 11.5 Å². The van der Waals surface area contributed by atoms with Crippen LogP contribution in [-0.4, -0.2) is 29.5 Å². The summed E-state index contributed by atoms with van der Waals surface area (Å²) < 4.78 is 11.1. The molecule has 0 bridgehead atoms. The molecule has 0 aliphatic carbocycles. The largest absolute Gasteiger partial charge is 0.490 e. The van der Waals surface area contributed by atoms with Gasteiger partial charge in [-0.3, -0.25) is 0 Å². The molecule has 1 aromatic carbocycles. The maximum atomic E-state index is 10.4. The molecule has 1 rings (SSSR count). The van der Waals surface area contributed by atoms with Gasteiger partial charge in [-0.25, -0.2) is 0 Å². The summed E-state index contributed by atoms with van der Waals surface area (Å²) in [5.41, 5.74) is 0.654. The fraction of sp³-hybridized carbons (Fsp3) is 0.647. The molecule has 4 heteroatoms. The highest BCUT2D eigenvalue weighted by Crippen LogP contribution is 2.33. The van der Waals surface area contributed by atoms with Crippen molar-refractivity contribution < 1.29 is 19.7 Å². The lowest BCUT2D eigenvalue weighted by Crippen LogP contribution is -2.27. The van der Waals surface area contributed by atoms with Crippen molar-refractivity contribution in [1.29, 1.82) is 0 Å². The van der Waals surface area contributed by atoms with E-state index >= 15 is 0 Å². The van der Waals surface area contributed by atoms with Gasteiger partial charge in [-0.05, 0) is 37.5 Å². The first-order valence-corrected chi connectivity index (χ1v) is 7.84. The summed E-state index contributed by atoms with van der Waals surface area (Å²) in [5, 5.41) is 20.7. The van der Waals surface area contributed by atoms with Crippen LogP contribution in [0.2, 0.25) is 0 Å². The number of aliphatic hydroxyl groups excluding tert-OH is 2. The van der Waals surface area contributed by atoms with Crippen LogP contribution in [0, 0.1) is 5.92 Å². The smallest absolute Gasteiger partial charge is 0.161 e. The molecule has 0 saturated heterocycles. The third-order valence-electron chi connectivity index (χ3n) is 3.76. The third-order valence-corrected chi connectivity index (χ3v) is 3.76. The minimum atomic E-state index is -0.912. The Labute approximate surface area is 127 Å². The van der Waals surface area contributed by atoms with E-state index in [0.29, 0.717) is 30.3 Å². The zero-order valence-electron chi connectivity index (χ0n) is 13.5. The second-order valence-electron chi connectivity index (χ2n) is 5.08. The van der Waals surface area contributed by atoms with E-state index < -0.39 is 12.2 Å². The maximum Gasteiger partial charge on any atom is 0.161 e. The Morgan fingerprint density at radius 2 is 1.48 bits per heavy atom. The Balaban J connectivity index is 2.98. The summed E-state index contributed by atoms with van der Waals surface area (Å²) in [5.74, 6) is 1.35. The molecule has 0 aromatic heterocycles. The zero-order chi connectivity index (χ0) is 15.8. The Bertz CT molecular complexity index is 415. The number of benzene rings is 1. The SMILES string of the molecule is CCOc1ccc(C(O)C(O)C(CC)CC)cc1OCC. The van der Waals surface area contributed by atoms with Gasteiger partial charge < -0.3 is 19.7 Å². The van der Waals surface area contributed by atoms with E-state index in [4.69, 9.17) is 9.47 Å². The maximum absolute atomic E-state index is 10.4. The van der Waals surface area contributed by atoms with Crippen LogP contribution in [0.4, 0.5) is 0 Å². The Hall–Kier alpha value is -1.26. The average molecular weight is 296 g/mol. The highest BCUT2D eigenvalue weighted by Gasteiger charge is 2.26. The average Bonchev–Trinajstić information content (AvgIpc) is 2.50. The van der Waals surface area contributed by atoms with Crippen LogP contribution in [0.1, 0.15) is 52.2 Å². The Morgan fingerprint density at radius 1 is 0.905 bits per heavy atom. The first-order valence-electron chi connectivity index (χ1n) is 7.84.